The summed E-state index contributed by atoms with van der Waals surface area (Å²) in [6.07, 6.45) is 0.167. The van der Waals surface area contributed by atoms with Gasteiger partial charge >= 0.3 is 0 Å². The average molecular weight is 272 g/mol. The molecule has 0 aliphatic heterocycles. The number of amides is 1. The zero-order valence-corrected chi connectivity index (χ0v) is 10.4. The molecule has 1 unspecified atom stereocenters. The minimum absolute atomic E-state index is 0.167. The Bertz CT molecular complexity index is 367. The van der Waals surface area contributed by atoms with Crippen molar-refractivity contribution >= 4 is 21.8 Å². The summed E-state index contributed by atoms with van der Waals surface area (Å²) in [4.78, 5) is 11.0. The summed E-state index contributed by atoms with van der Waals surface area (Å²) in [6, 6.07) is 7.66. The van der Waals surface area contributed by atoms with E-state index in [4.69, 9.17) is 10.5 Å². The Morgan fingerprint density at radius 3 is 2.73 bits per heavy atom. The van der Waals surface area contributed by atoms with Gasteiger partial charge in [-0.2, -0.15) is 0 Å². The van der Waals surface area contributed by atoms with E-state index in [1.54, 1.807) is 7.11 Å². The lowest BCUT2D eigenvalue weighted by Gasteiger charge is -2.27. The molecule has 2 N–H and O–H groups in total. The van der Waals surface area contributed by atoms with Gasteiger partial charge in [0.05, 0.1) is 12.0 Å². The first kappa shape index (κ1) is 12.2. The van der Waals surface area contributed by atoms with Gasteiger partial charge in [0.2, 0.25) is 5.91 Å². The van der Waals surface area contributed by atoms with Crippen LogP contribution in [0.15, 0.2) is 28.7 Å². The monoisotopic (exact) mass is 271 g/mol. The zero-order valence-electron chi connectivity index (χ0n) is 8.79. The Morgan fingerprint density at radius 1 is 1.60 bits per heavy atom. The standard InChI is InChI=1S/C11H14BrNO2/c1-11(15-2,7-10(13)14)8-4-3-5-9(12)6-8/h3-6H,7H2,1-2H3,(H2,13,14). The van der Waals surface area contributed by atoms with Crippen molar-refractivity contribution in [1.29, 1.82) is 0 Å². The predicted molar refractivity (Wildman–Crippen MR) is 62.3 cm³/mol. The number of rotatable bonds is 4. The minimum Gasteiger partial charge on any atom is -0.373 e. The van der Waals surface area contributed by atoms with E-state index in [2.05, 4.69) is 15.9 Å². The molecule has 1 amide bonds. The van der Waals surface area contributed by atoms with Crippen molar-refractivity contribution in [3.8, 4) is 0 Å². The lowest BCUT2D eigenvalue weighted by atomic mass is 9.92. The third-order valence-electron chi connectivity index (χ3n) is 2.40. The van der Waals surface area contributed by atoms with E-state index < -0.39 is 5.60 Å². The molecule has 0 aliphatic carbocycles. The van der Waals surface area contributed by atoms with Crippen LogP contribution < -0.4 is 5.73 Å². The molecule has 0 saturated carbocycles. The molecule has 0 saturated heterocycles. The van der Waals surface area contributed by atoms with Crippen molar-refractivity contribution in [2.24, 2.45) is 5.73 Å². The second-order valence-electron chi connectivity index (χ2n) is 3.59. The summed E-state index contributed by atoms with van der Waals surface area (Å²) in [7, 11) is 1.57. The van der Waals surface area contributed by atoms with Gasteiger partial charge < -0.3 is 10.5 Å². The number of nitrogens with two attached hydrogens (primary N) is 1. The molecule has 0 spiro atoms. The molecule has 0 bridgehead atoms. The van der Waals surface area contributed by atoms with Crippen molar-refractivity contribution in [3.05, 3.63) is 34.3 Å². The van der Waals surface area contributed by atoms with Crippen molar-refractivity contribution < 1.29 is 9.53 Å². The summed E-state index contributed by atoms with van der Waals surface area (Å²) in [6.45, 7) is 1.85. The Hall–Kier alpha value is -0.870. The quantitative estimate of drug-likeness (QED) is 0.913. The number of methoxy groups -OCH3 is 1. The van der Waals surface area contributed by atoms with Crippen LogP contribution in [0.5, 0.6) is 0 Å². The van der Waals surface area contributed by atoms with Gasteiger partial charge in [-0.05, 0) is 24.6 Å². The Balaban J connectivity index is 3.05. The number of halogens is 1. The largest absolute Gasteiger partial charge is 0.373 e. The molecular weight excluding hydrogens is 258 g/mol. The number of carbonyl (C=O) groups excluding carboxylic acids is 1. The fourth-order valence-corrected chi connectivity index (χ4v) is 1.84. The van der Waals surface area contributed by atoms with E-state index in [0.717, 1.165) is 10.0 Å². The maximum absolute atomic E-state index is 11.0. The normalized spacial score (nSPS) is 14.6. The number of benzene rings is 1. The molecule has 82 valence electrons. The van der Waals surface area contributed by atoms with Crippen molar-refractivity contribution in [3.63, 3.8) is 0 Å². The van der Waals surface area contributed by atoms with E-state index in [9.17, 15) is 4.79 Å². The zero-order chi connectivity index (χ0) is 11.5. The van der Waals surface area contributed by atoms with Crippen LogP contribution in [0.25, 0.3) is 0 Å². The molecule has 15 heavy (non-hydrogen) atoms. The molecule has 1 aromatic rings. The summed E-state index contributed by atoms with van der Waals surface area (Å²) in [5.41, 5.74) is 5.47. The first-order valence-corrected chi connectivity index (χ1v) is 5.37. The van der Waals surface area contributed by atoms with Gasteiger partial charge in [-0.1, -0.05) is 28.1 Å². The maximum Gasteiger partial charge on any atom is 0.220 e. The van der Waals surface area contributed by atoms with Gasteiger partial charge in [0.25, 0.3) is 0 Å². The van der Waals surface area contributed by atoms with Crippen LogP contribution in [0.3, 0.4) is 0 Å². The first-order chi connectivity index (χ1) is 6.98. The molecular formula is C11H14BrNO2. The lowest BCUT2D eigenvalue weighted by molar-refractivity contribution is -0.124. The average Bonchev–Trinajstić information content (AvgIpc) is 2.16. The molecule has 0 aromatic heterocycles. The van der Waals surface area contributed by atoms with Gasteiger partial charge in [-0.3, -0.25) is 4.79 Å². The van der Waals surface area contributed by atoms with E-state index in [1.807, 2.05) is 31.2 Å². The van der Waals surface area contributed by atoms with E-state index in [-0.39, 0.29) is 12.3 Å². The van der Waals surface area contributed by atoms with Gasteiger partial charge in [0.1, 0.15) is 0 Å². The highest BCUT2D eigenvalue weighted by Crippen LogP contribution is 2.29. The van der Waals surface area contributed by atoms with Crippen molar-refractivity contribution in [1.82, 2.24) is 0 Å². The van der Waals surface area contributed by atoms with Crippen LogP contribution in [-0.4, -0.2) is 13.0 Å². The summed E-state index contributed by atoms with van der Waals surface area (Å²) >= 11 is 3.38. The summed E-state index contributed by atoms with van der Waals surface area (Å²) < 4.78 is 6.32. The van der Waals surface area contributed by atoms with E-state index in [1.165, 1.54) is 0 Å². The van der Waals surface area contributed by atoms with E-state index in [0.29, 0.717) is 0 Å². The minimum atomic E-state index is -0.657. The molecule has 4 heteroatoms. The highest BCUT2D eigenvalue weighted by atomic mass is 79.9. The Kier molecular flexibility index (Phi) is 3.88. The second-order valence-corrected chi connectivity index (χ2v) is 4.50. The van der Waals surface area contributed by atoms with Gasteiger partial charge in [0.15, 0.2) is 0 Å². The third kappa shape index (κ3) is 3.04. The van der Waals surface area contributed by atoms with Crippen LogP contribution in [-0.2, 0) is 15.1 Å². The number of primary amides is 1. The van der Waals surface area contributed by atoms with Crippen LogP contribution >= 0.6 is 15.9 Å². The summed E-state index contributed by atoms with van der Waals surface area (Å²) in [5, 5.41) is 0. The van der Waals surface area contributed by atoms with Gasteiger partial charge in [-0.25, -0.2) is 0 Å². The number of carbonyl (C=O) groups is 1. The predicted octanol–water partition coefficient (Wildman–Crippen LogP) is 2.19. The van der Waals surface area contributed by atoms with Crippen LogP contribution in [0.2, 0.25) is 0 Å². The van der Waals surface area contributed by atoms with Crippen LogP contribution in [0.4, 0.5) is 0 Å². The molecule has 0 heterocycles. The van der Waals surface area contributed by atoms with Crippen LogP contribution in [0, 0.1) is 0 Å². The Morgan fingerprint density at radius 2 is 2.27 bits per heavy atom. The summed E-state index contributed by atoms with van der Waals surface area (Å²) in [5.74, 6) is -0.376. The lowest BCUT2D eigenvalue weighted by Crippen LogP contribution is -2.31. The number of hydrogen-bond acceptors (Lipinski definition) is 2. The third-order valence-corrected chi connectivity index (χ3v) is 2.89. The molecule has 1 aromatic carbocycles. The van der Waals surface area contributed by atoms with Gasteiger partial charge in [0, 0.05) is 11.6 Å². The molecule has 0 radical (unpaired) electrons. The number of ether oxygens (including phenoxy) is 1. The van der Waals surface area contributed by atoms with Crippen molar-refractivity contribution in [2.45, 2.75) is 18.9 Å². The molecule has 0 fully saturated rings. The SMILES string of the molecule is COC(C)(CC(N)=O)c1cccc(Br)c1. The molecule has 1 atom stereocenters. The smallest absolute Gasteiger partial charge is 0.220 e. The first-order valence-electron chi connectivity index (χ1n) is 4.57. The van der Waals surface area contributed by atoms with Crippen molar-refractivity contribution in [2.75, 3.05) is 7.11 Å². The highest BCUT2D eigenvalue weighted by molar-refractivity contribution is 9.10. The topological polar surface area (TPSA) is 52.3 Å². The van der Waals surface area contributed by atoms with Crippen LogP contribution in [0.1, 0.15) is 18.9 Å². The fraction of sp³-hybridized carbons (Fsp3) is 0.364. The Labute approximate surface area is 97.7 Å². The second kappa shape index (κ2) is 4.77. The molecule has 1 rings (SSSR count). The van der Waals surface area contributed by atoms with E-state index >= 15 is 0 Å². The van der Waals surface area contributed by atoms with Gasteiger partial charge in [-0.15, -0.1) is 0 Å². The maximum atomic E-state index is 11.0. The fourth-order valence-electron chi connectivity index (χ4n) is 1.44. The molecule has 0 aliphatic rings. The highest BCUT2D eigenvalue weighted by Gasteiger charge is 2.28. The molecule has 3 nitrogen and oxygen atoms in total. The number of hydrogen-bond donors (Lipinski definition) is 1.